The number of pyridine rings is 1. The van der Waals surface area contributed by atoms with E-state index >= 15 is 0 Å². The molecule has 0 unspecified atom stereocenters. The summed E-state index contributed by atoms with van der Waals surface area (Å²) in [7, 11) is 0. The summed E-state index contributed by atoms with van der Waals surface area (Å²) >= 11 is 0. The fourth-order valence-corrected chi connectivity index (χ4v) is 2.29. The molecule has 0 aliphatic rings. The first-order valence-electron chi connectivity index (χ1n) is 6.79. The van der Waals surface area contributed by atoms with Gasteiger partial charge in [0.25, 0.3) is 0 Å². The third-order valence-corrected chi connectivity index (χ3v) is 3.32. The first kappa shape index (κ1) is 13.4. The van der Waals surface area contributed by atoms with Crippen molar-refractivity contribution in [3.05, 3.63) is 60.3 Å². The number of para-hydroxylation sites is 2. The highest BCUT2D eigenvalue weighted by molar-refractivity contribution is 5.89. The number of rotatable bonds is 4. The summed E-state index contributed by atoms with van der Waals surface area (Å²) in [6.07, 6.45) is 2.14. The summed E-state index contributed by atoms with van der Waals surface area (Å²) < 4.78 is 6.03. The molecular formula is C17H16N2O2. The van der Waals surface area contributed by atoms with Crippen LogP contribution < -0.4 is 10.5 Å². The monoisotopic (exact) mass is 280 g/mol. The number of nitrogens with two attached hydrogens (primary N) is 1. The molecule has 0 spiro atoms. The molecule has 4 heteroatoms. The minimum Gasteiger partial charge on any atom is -0.454 e. The van der Waals surface area contributed by atoms with Crippen molar-refractivity contribution in [1.29, 1.82) is 0 Å². The number of aromatic nitrogens is 1. The molecule has 0 bridgehead atoms. The second-order valence-electron chi connectivity index (χ2n) is 4.74. The van der Waals surface area contributed by atoms with Gasteiger partial charge in [-0.15, -0.1) is 0 Å². The van der Waals surface area contributed by atoms with Crippen LogP contribution in [0.3, 0.4) is 0 Å². The molecule has 3 aromatic rings. The molecule has 1 heterocycles. The molecule has 4 nitrogen and oxygen atoms in total. The minimum absolute atomic E-state index is 0.0763. The molecule has 0 radical (unpaired) electrons. The lowest BCUT2D eigenvalue weighted by Crippen LogP contribution is -1.98. The third-order valence-electron chi connectivity index (χ3n) is 3.32. The molecular weight excluding hydrogens is 264 g/mol. The number of hydrogen-bond donors (Lipinski definition) is 2. The van der Waals surface area contributed by atoms with E-state index < -0.39 is 0 Å². The van der Waals surface area contributed by atoms with Gasteiger partial charge >= 0.3 is 0 Å². The molecule has 0 amide bonds. The Labute approximate surface area is 122 Å². The van der Waals surface area contributed by atoms with Crippen LogP contribution in [0.25, 0.3) is 10.9 Å². The number of nitrogen functional groups attached to an aromatic ring is 1. The van der Waals surface area contributed by atoms with Crippen LogP contribution in [-0.2, 0) is 6.42 Å². The predicted molar refractivity (Wildman–Crippen MR) is 83.5 cm³/mol. The number of benzene rings is 2. The highest BCUT2D eigenvalue weighted by atomic mass is 16.5. The molecule has 3 N–H and O–H groups in total. The smallest absolute Gasteiger partial charge is 0.161 e. The van der Waals surface area contributed by atoms with Crippen molar-refractivity contribution >= 4 is 16.6 Å². The van der Waals surface area contributed by atoms with E-state index in [1.165, 1.54) is 0 Å². The number of nitrogens with zero attached hydrogens (tertiary/aromatic N) is 1. The maximum absolute atomic E-state index is 9.15. The summed E-state index contributed by atoms with van der Waals surface area (Å²) in [5.41, 5.74) is 8.29. The predicted octanol–water partition coefficient (Wildman–Crippen LogP) is 3.14. The van der Waals surface area contributed by atoms with Gasteiger partial charge < -0.3 is 15.6 Å². The Hall–Kier alpha value is -2.59. The first-order valence-corrected chi connectivity index (χ1v) is 6.79. The van der Waals surface area contributed by atoms with E-state index in [4.69, 9.17) is 15.6 Å². The molecule has 1 aromatic heterocycles. The van der Waals surface area contributed by atoms with E-state index in [0.29, 0.717) is 23.6 Å². The molecule has 0 fully saturated rings. The van der Waals surface area contributed by atoms with E-state index in [1.54, 1.807) is 6.20 Å². The van der Waals surface area contributed by atoms with Crippen molar-refractivity contribution in [3.8, 4) is 11.5 Å². The van der Waals surface area contributed by atoms with Crippen LogP contribution in [0.1, 0.15) is 5.56 Å². The Balaban J connectivity index is 2.08. The highest BCUT2D eigenvalue weighted by Gasteiger charge is 2.11. The first-order chi connectivity index (χ1) is 10.3. The number of anilines is 1. The summed E-state index contributed by atoms with van der Waals surface area (Å²) in [5.74, 6) is 1.31. The SMILES string of the molecule is Nc1cnc2ccccc2c1Oc1ccccc1CCO. The van der Waals surface area contributed by atoms with Gasteiger partial charge in [-0.25, -0.2) is 0 Å². The zero-order valence-corrected chi connectivity index (χ0v) is 11.5. The molecule has 21 heavy (non-hydrogen) atoms. The van der Waals surface area contributed by atoms with E-state index in [9.17, 15) is 0 Å². The number of hydrogen-bond acceptors (Lipinski definition) is 4. The maximum Gasteiger partial charge on any atom is 0.161 e. The molecule has 2 aromatic carbocycles. The zero-order chi connectivity index (χ0) is 14.7. The van der Waals surface area contributed by atoms with Crippen molar-refractivity contribution in [2.45, 2.75) is 6.42 Å². The maximum atomic E-state index is 9.15. The molecule has 0 aliphatic carbocycles. The van der Waals surface area contributed by atoms with E-state index in [1.807, 2.05) is 48.5 Å². The molecule has 0 saturated carbocycles. The van der Waals surface area contributed by atoms with E-state index in [2.05, 4.69) is 4.98 Å². The van der Waals surface area contributed by atoms with Crippen molar-refractivity contribution in [2.24, 2.45) is 0 Å². The zero-order valence-electron chi connectivity index (χ0n) is 11.5. The molecule has 3 rings (SSSR count). The van der Waals surface area contributed by atoms with Crippen LogP contribution in [0.2, 0.25) is 0 Å². The Morgan fingerprint density at radius 1 is 1.05 bits per heavy atom. The van der Waals surface area contributed by atoms with Crippen molar-refractivity contribution < 1.29 is 9.84 Å². The van der Waals surface area contributed by atoms with Crippen LogP contribution in [-0.4, -0.2) is 16.7 Å². The fourth-order valence-electron chi connectivity index (χ4n) is 2.29. The van der Waals surface area contributed by atoms with Crippen molar-refractivity contribution in [2.75, 3.05) is 12.3 Å². The molecule has 0 atom stereocenters. The highest BCUT2D eigenvalue weighted by Crippen LogP contribution is 2.35. The van der Waals surface area contributed by atoms with Crippen molar-refractivity contribution in [1.82, 2.24) is 4.98 Å². The average Bonchev–Trinajstić information content (AvgIpc) is 2.52. The van der Waals surface area contributed by atoms with Gasteiger partial charge in [-0.05, 0) is 30.2 Å². The summed E-state index contributed by atoms with van der Waals surface area (Å²) in [5, 5.41) is 10.0. The van der Waals surface area contributed by atoms with Gasteiger partial charge in [0.05, 0.1) is 17.4 Å². The van der Waals surface area contributed by atoms with E-state index in [0.717, 1.165) is 16.5 Å². The van der Waals surface area contributed by atoms with Gasteiger partial charge in [0.1, 0.15) is 5.75 Å². The van der Waals surface area contributed by atoms with Gasteiger partial charge in [0, 0.05) is 12.0 Å². The molecule has 106 valence electrons. The quantitative estimate of drug-likeness (QED) is 0.770. The third kappa shape index (κ3) is 2.66. The van der Waals surface area contributed by atoms with Crippen LogP contribution >= 0.6 is 0 Å². The lowest BCUT2D eigenvalue weighted by Gasteiger charge is -2.14. The Bertz CT molecular complexity index is 772. The Morgan fingerprint density at radius 2 is 1.81 bits per heavy atom. The Kier molecular flexibility index (Phi) is 3.71. The van der Waals surface area contributed by atoms with Gasteiger partial charge in [0.15, 0.2) is 5.75 Å². The number of aliphatic hydroxyl groups is 1. The number of aliphatic hydroxyl groups excluding tert-OH is 1. The van der Waals surface area contributed by atoms with E-state index in [-0.39, 0.29) is 6.61 Å². The lowest BCUT2D eigenvalue weighted by atomic mass is 10.1. The standard InChI is InChI=1S/C17H16N2O2/c18-14-11-19-15-7-3-2-6-13(15)17(14)21-16-8-4-1-5-12(16)9-10-20/h1-8,11,20H,9-10,18H2. The number of fused-ring (bicyclic) bond motifs is 1. The largest absolute Gasteiger partial charge is 0.454 e. The number of ether oxygens (including phenoxy) is 1. The summed E-state index contributed by atoms with van der Waals surface area (Å²) in [4.78, 5) is 4.30. The van der Waals surface area contributed by atoms with Gasteiger partial charge in [-0.2, -0.15) is 0 Å². The summed E-state index contributed by atoms with van der Waals surface area (Å²) in [6, 6.07) is 15.3. The van der Waals surface area contributed by atoms with Crippen LogP contribution in [0.15, 0.2) is 54.7 Å². The summed E-state index contributed by atoms with van der Waals surface area (Å²) in [6.45, 7) is 0.0763. The van der Waals surface area contributed by atoms with Crippen molar-refractivity contribution in [3.63, 3.8) is 0 Å². The fraction of sp³-hybridized carbons (Fsp3) is 0.118. The average molecular weight is 280 g/mol. The lowest BCUT2D eigenvalue weighted by molar-refractivity contribution is 0.298. The van der Waals surface area contributed by atoms with Gasteiger partial charge in [0.2, 0.25) is 0 Å². The normalized spacial score (nSPS) is 10.7. The topological polar surface area (TPSA) is 68.4 Å². The molecule has 0 aliphatic heterocycles. The molecule has 0 saturated heterocycles. The minimum atomic E-state index is 0.0763. The van der Waals surface area contributed by atoms with Crippen LogP contribution in [0.5, 0.6) is 11.5 Å². The van der Waals surface area contributed by atoms with Gasteiger partial charge in [-0.1, -0.05) is 30.3 Å². The second kappa shape index (κ2) is 5.81. The van der Waals surface area contributed by atoms with Crippen LogP contribution in [0, 0.1) is 0 Å². The second-order valence-corrected chi connectivity index (χ2v) is 4.74. The Morgan fingerprint density at radius 3 is 2.67 bits per heavy atom. The van der Waals surface area contributed by atoms with Gasteiger partial charge in [-0.3, -0.25) is 4.98 Å². The van der Waals surface area contributed by atoms with Crippen LogP contribution in [0.4, 0.5) is 5.69 Å².